The number of anilines is 1. The molecule has 0 fully saturated rings. The maximum Gasteiger partial charge on any atom is 0.307 e. The molecule has 28 nitrogen and oxygen atoms in total. The molecule has 0 saturated carbocycles. The van der Waals surface area contributed by atoms with Crippen LogP contribution in [-0.2, 0) is 32.2 Å². The third kappa shape index (κ3) is 21.0. The van der Waals surface area contributed by atoms with Crippen molar-refractivity contribution in [2.75, 3.05) is 65.9 Å². The summed E-state index contributed by atoms with van der Waals surface area (Å²) in [5.41, 5.74) is 3.80. The Morgan fingerprint density at radius 1 is 0.810 bits per heavy atom. The van der Waals surface area contributed by atoms with Crippen molar-refractivity contribution in [1.29, 1.82) is 0 Å². The first-order valence-electron chi connectivity index (χ1n) is 26.6. The van der Waals surface area contributed by atoms with E-state index >= 15 is 0 Å². The first-order chi connectivity index (χ1) is 37.6. The summed E-state index contributed by atoms with van der Waals surface area (Å²) in [5.74, 6) is -1.00. The number of benzene rings is 2. The van der Waals surface area contributed by atoms with Gasteiger partial charge in [0.15, 0.2) is 0 Å². The number of aromatic amines is 1. The molecule has 21 N–H and O–H groups in total. The Labute approximate surface area is 458 Å². The minimum absolute atomic E-state index is 0.0209. The summed E-state index contributed by atoms with van der Waals surface area (Å²) in [6.07, 6.45) is -17.5. The highest BCUT2D eigenvalue weighted by molar-refractivity contribution is 5.81. The number of likely N-dealkylation sites (N-methyl/N-ethyl adjacent to an activating group) is 1. The lowest BCUT2D eigenvalue weighted by Gasteiger charge is -2.30. The normalized spacial score (nSPS) is 20.0. The zero-order valence-electron chi connectivity index (χ0n) is 45.0. The van der Waals surface area contributed by atoms with Crippen LogP contribution in [0.1, 0.15) is 81.0 Å². The summed E-state index contributed by atoms with van der Waals surface area (Å²) in [5, 5.41) is 160. The number of amides is 2. The van der Waals surface area contributed by atoms with Gasteiger partial charge in [-0.1, -0.05) is 31.0 Å². The number of nitrogens with one attached hydrogen (secondary N) is 7. The second kappa shape index (κ2) is 34.0. The van der Waals surface area contributed by atoms with Gasteiger partial charge >= 0.3 is 5.97 Å². The highest BCUT2D eigenvalue weighted by atomic mass is 16.5. The zero-order valence-corrected chi connectivity index (χ0v) is 45.0. The highest BCUT2D eigenvalue weighted by Gasteiger charge is 2.35. The third-order valence-electron chi connectivity index (χ3n) is 14.0. The standard InChI is InChI=1S/C51H86N10O18/c1-52-33(14-16-41(68)54-22-36(64)44(71)46(73)38(66)26-62)49(76)59-34(15-17-42(69)55-23-37(65)45(72)47(74)39(67)27-63)48(75)53-18-8-4-5-9-19-61-24-29-20-28(12-13-30(29)56-35(51(61)78)21-43(70)79-3)50(77)60(2)25-40-57-31-10-6-7-11-32(31)58-40/h6-7,10-13,20,33-39,42,44-47,49-52,55-56,59,62-67,69,71-74,76-78H,4-5,8-9,14-19,21-27H2,1-3H3,(H,53,75)(H,54,68)(H,57,58)/t33-,34-,35?,36+,37-,38?,39?,42+,44-,45+,46-,47+,49+,50+,51+/m0/s1. The first kappa shape index (κ1) is 66.9. The molecule has 0 radical (unpaired) electrons. The number of imidazole rings is 1. The van der Waals surface area contributed by atoms with Crippen molar-refractivity contribution in [2.24, 2.45) is 0 Å². The molecule has 448 valence electrons. The molecule has 1 aromatic heterocycles. The molecule has 28 heteroatoms. The van der Waals surface area contributed by atoms with E-state index in [0.29, 0.717) is 55.8 Å². The van der Waals surface area contributed by atoms with Crippen molar-refractivity contribution < 1.29 is 90.6 Å². The van der Waals surface area contributed by atoms with Crippen LogP contribution in [0.3, 0.4) is 0 Å². The van der Waals surface area contributed by atoms with Crippen LogP contribution in [-0.4, -0.2) is 255 Å². The van der Waals surface area contributed by atoms with Gasteiger partial charge in [-0.15, -0.1) is 0 Å². The number of fused-ring (bicyclic) bond motifs is 2. The number of unbranched alkanes of at least 4 members (excludes halogenated alkanes) is 3. The molecule has 2 amide bonds. The van der Waals surface area contributed by atoms with E-state index in [0.717, 1.165) is 16.6 Å². The van der Waals surface area contributed by atoms with E-state index in [9.17, 15) is 75.7 Å². The van der Waals surface area contributed by atoms with E-state index in [1.165, 1.54) is 14.2 Å². The fourth-order valence-electron chi connectivity index (χ4n) is 9.02. The number of nitrogens with zero attached hydrogens (tertiary/aromatic N) is 3. The van der Waals surface area contributed by atoms with E-state index < -0.39 is 136 Å². The Hall–Kier alpha value is -4.64. The SMILES string of the molecule is CN[C@@H](CCC(=O)NC[C@@H](O)[C@H](O)[C@@H](O)C(O)CO)[C@@H](O)N[C@@H](CC[C@@H](O)NC[C@H](O)[C@@H](O)[C@H](O)C(O)CO)C(=O)NCCCCCCN1Cc2cc([C@@H](O)N(C)Cc3nc4ccccc4[nH]3)ccc2NC(CC(=O)OC)[C@H]1O. The maximum atomic E-state index is 13.7. The molecule has 2 heterocycles. The van der Waals surface area contributed by atoms with Crippen molar-refractivity contribution in [3.8, 4) is 0 Å². The van der Waals surface area contributed by atoms with Crippen LogP contribution in [0, 0.1) is 0 Å². The summed E-state index contributed by atoms with van der Waals surface area (Å²) in [6, 6.07) is 10.4. The summed E-state index contributed by atoms with van der Waals surface area (Å²) >= 11 is 0. The number of hydrogen-bond donors (Lipinski definition) is 21. The largest absolute Gasteiger partial charge is 0.469 e. The Balaban J connectivity index is 1.34. The van der Waals surface area contributed by atoms with Gasteiger partial charge in [0.05, 0.1) is 68.6 Å². The van der Waals surface area contributed by atoms with E-state index in [1.807, 2.05) is 41.3 Å². The number of aliphatic hydroxyl groups is 14. The summed E-state index contributed by atoms with van der Waals surface area (Å²) in [6.45, 7) is -1.51. The van der Waals surface area contributed by atoms with Crippen molar-refractivity contribution >= 4 is 34.5 Å². The molecule has 0 saturated heterocycles. The number of methoxy groups -OCH3 is 1. The maximum absolute atomic E-state index is 13.7. The summed E-state index contributed by atoms with van der Waals surface area (Å²) in [7, 11) is 4.55. The second-order valence-corrected chi connectivity index (χ2v) is 20.0. The van der Waals surface area contributed by atoms with Crippen molar-refractivity contribution in [3.63, 3.8) is 0 Å². The van der Waals surface area contributed by atoms with Crippen LogP contribution in [0.2, 0.25) is 0 Å². The lowest BCUT2D eigenvalue weighted by atomic mass is 10.0. The Morgan fingerprint density at radius 3 is 2.10 bits per heavy atom. The van der Waals surface area contributed by atoms with Crippen molar-refractivity contribution in [1.82, 2.24) is 46.4 Å². The van der Waals surface area contributed by atoms with Gasteiger partial charge < -0.3 is 102 Å². The van der Waals surface area contributed by atoms with Gasteiger partial charge in [0, 0.05) is 50.9 Å². The Morgan fingerprint density at radius 2 is 1.46 bits per heavy atom. The average Bonchev–Trinajstić information content (AvgIpc) is 3.88. The molecular formula is C51H86N10O18. The van der Waals surface area contributed by atoms with Crippen molar-refractivity contribution in [3.05, 3.63) is 59.4 Å². The average molecular weight is 1130 g/mol. The van der Waals surface area contributed by atoms with Crippen molar-refractivity contribution in [2.45, 2.75) is 163 Å². The molecule has 15 atom stereocenters. The number of para-hydroxylation sites is 2. The van der Waals surface area contributed by atoms with Crippen LogP contribution < -0.4 is 31.9 Å². The molecule has 1 aliphatic rings. The molecular weight excluding hydrogens is 1040 g/mol. The monoisotopic (exact) mass is 1130 g/mol. The van der Waals surface area contributed by atoms with Crippen LogP contribution >= 0.6 is 0 Å². The molecule has 0 aliphatic carbocycles. The molecule has 79 heavy (non-hydrogen) atoms. The number of carbonyl (C=O) groups is 3. The summed E-state index contributed by atoms with van der Waals surface area (Å²) in [4.78, 5) is 50.3. The van der Waals surface area contributed by atoms with Crippen LogP contribution in [0.15, 0.2) is 42.5 Å². The fraction of sp³-hybridized carbons (Fsp3) is 0.686. The van der Waals surface area contributed by atoms with Gasteiger partial charge in [0.1, 0.15) is 67.4 Å². The molecule has 3 unspecified atom stereocenters. The lowest BCUT2D eigenvalue weighted by Crippen LogP contribution is -2.55. The Kier molecular flexibility index (Phi) is 28.7. The molecule has 3 aromatic rings. The van der Waals surface area contributed by atoms with Crippen LogP contribution in [0.5, 0.6) is 0 Å². The predicted molar refractivity (Wildman–Crippen MR) is 284 cm³/mol. The van der Waals surface area contributed by atoms with Crippen LogP contribution in [0.25, 0.3) is 11.0 Å². The number of H-pyrrole nitrogens is 1. The van der Waals surface area contributed by atoms with Gasteiger partial charge in [-0.2, -0.15) is 0 Å². The number of carbonyl (C=O) groups excluding carboxylic acids is 3. The molecule has 0 spiro atoms. The number of esters is 1. The molecule has 1 aliphatic heterocycles. The number of ether oxygens (including phenoxy) is 1. The van der Waals surface area contributed by atoms with Gasteiger partial charge in [-0.3, -0.25) is 34.8 Å². The number of rotatable bonds is 37. The number of aliphatic hydroxyl groups excluding tert-OH is 14. The smallest absolute Gasteiger partial charge is 0.307 e. The zero-order chi connectivity index (χ0) is 58.3. The minimum Gasteiger partial charge on any atom is -0.469 e. The second-order valence-electron chi connectivity index (χ2n) is 20.0. The third-order valence-corrected chi connectivity index (χ3v) is 14.0. The fourth-order valence-corrected chi connectivity index (χ4v) is 9.02. The van der Waals surface area contributed by atoms with Gasteiger partial charge in [-0.25, -0.2) is 4.98 Å². The van der Waals surface area contributed by atoms with E-state index in [4.69, 9.17) is 14.9 Å². The quantitative estimate of drug-likeness (QED) is 0.0145. The van der Waals surface area contributed by atoms with Gasteiger partial charge in [0.25, 0.3) is 0 Å². The number of aromatic nitrogens is 2. The molecule has 2 aromatic carbocycles. The van der Waals surface area contributed by atoms with Crippen LogP contribution in [0.4, 0.5) is 5.69 Å². The Bertz CT molecular complexity index is 2240. The topological polar surface area (TPSA) is 451 Å². The lowest BCUT2D eigenvalue weighted by molar-refractivity contribution is -0.142. The molecule has 0 bridgehead atoms. The van der Waals surface area contributed by atoms with E-state index in [-0.39, 0.29) is 45.2 Å². The number of hydrogen-bond acceptors (Lipinski definition) is 25. The van der Waals surface area contributed by atoms with Gasteiger partial charge in [-0.05, 0) is 81.6 Å². The highest BCUT2D eigenvalue weighted by Crippen LogP contribution is 2.31. The summed E-state index contributed by atoms with van der Waals surface area (Å²) < 4.78 is 4.93. The minimum atomic E-state index is -1.89. The first-order valence-corrected chi connectivity index (χ1v) is 26.6. The molecule has 4 rings (SSSR count). The predicted octanol–water partition coefficient (Wildman–Crippen LogP) is -5.84. The van der Waals surface area contributed by atoms with E-state index in [1.54, 1.807) is 18.0 Å². The van der Waals surface area contributed by atoms with E-state index in [2.05, 4.69) is 41.9 Å². The van der Waals surface area contributed by atoms with Gasteiger partial charge in [0.2, 0.25) is 11.8 Å².